The quantitative estimate of drug-likeness (QED) is 0.569. The first-order chi connectivity index (χ1) is 9.86. The Balaban J connectivity index is 1.99. The zero-order valence-corrected chi connectivity index (χ0v) is 13.5. The molecule has 0 spiro atoms. The Bertz CT molecular complexity index is 331. The van der Waals surface area contributed by atoms with E-state index in [0.29, 0.717) is 19.8 Å². The van der Waals surface area contributed by atoms with Crippen LogP contribution in [-0.2, 0) is 27.4 Å². The van der Waals surface area contributed by atoms with Gasteiger partial charge < -0.3 is 19.5 Å². The molecule has 0 bridgehead atoms. The van der Waals surface area contributed by atoms with Crippen LogP contribution >= 0.6 is 11.3 Å². The van der Waals surface area contributed by atoms with Gasteiger partial charge >= 0.3 is 0 Å². The summed E-state index contributed by atoms with van der Waals surface area (Å²) in [4.78, 5) is 2.64. The number of hydrogen-bond donors (Lipinski definition) is 1. The summed E-state index contributed by atoms with van der Waals surface area (Å²) >= 11 is 1.81. The van der Waals surface area contributed by atoms with Crippen molar-refractivity contribution in [1.82, 2.24) is 5.32 Å². The van der Waals surface area contributed by atoms with Crippen LogP contribution in [0, 0.1) is 0 Å². The summed E-state index contributed by atoms with van der Waals surface area (Å²) in [6, 6.07) is 4.32. The molecule has 1 aromatic heterocycles. The maximum atomic E-state index is 5.60. The van der Waals surface area contributed by atoms with E-state index >= 15 is 0 Å². The number of ether oxygens (including phenoxy) is 3. The summed E-state index contributed by atoms with van der Waals surface area (Å²) in [6.45, 7) is 7.69. The van der Waals surface area contributed by atoms with Gasteiger partial charge in [0.1, 0.15) is 0 Å². The summed E-state index contributed by atoms with van der Waals surface area (Å²) in [5.41, 5.74) is 0. The van der Waals surface area contributed by atoms with Crippen molar-refractivity contribution in [3.8, 4) is 0 Å². The molecule has 1 heterocycles. The molecule has 0 radical (unpaired) electrons. The van der Waals surface area contributed by atoms with E-state index < -0.39 is 0 Å². The second kappa shape index (κ2) is 12.3. The van der Waals surface area contributed by atoms with E-state index in [1.807, 2.05) is 11.3 Å². The highest BCUT2D eigenvalue weighted by molar-refractivity contribution is 7.11. The minimum atomic E-state index is 0.647. The molecular weight excluding hydrogens is 274 g/mol. The molecule has 0 amide bonds. The summed E-state index contributed by atoms with van der Waals surface area (Å²) < 4.78 is 16.0. The highest BCUT2D eigenvalue weighted by Gasteiger charge is 2.00. The Kier molecular flexibility index (Phi) is 10.8. The molecule has 1 N–H and O–H groups in total. The van der Waals surface area contributed by atoms with Crippen molar-refractivity contribution in [3.63, 3.8) is 0 Å². The Morgan fingerprint density at radius 3 is 2.65 bits per heavy atom. The van der Waals surface area contributed by atoms with Crippen molar-refractivity contribution in [3.05, 3.63) is 21.9 Å². The van der Waals surface area contributed by atoms with Gasteiger partial charge in [-0.15, -0.1) is 11.3 Å². The average Bonchev–Trinajstić information content (AvgIpc) is 2.90. The lowest BCUT2D eigenvalue weighted by Gasteiger charge is -2.04. The van der Waals surface area contributed by atoms with Crippen molar-refractivity contribution in [2.45, 2.75) is 32.9 Å². The fourth-order valence-corrected chi connectivity index (χ4v) is 2.61. The van der Waals surface area contributed by atoms with E-state index in [4.69, 9.17) is 14.2 Å². The number of nitrogens with one attached hydrogen (secondary N) is 1. The topological polar surface area (TPSA) is 39.7 Å². The molecule has 0 saturated heterocycles. The summed E-state index contributed by atoms with van der Waals surface area (Å²) in [5.74, 6) is 0. The Labute approximate surface area is 126 Å². The van der Waals surface area contributed by atoms with Crippen LogP contribution in [0.15, 0.2) is 12.1 Å². The van der Waals surface area contributed by atoms with Crippen LogP contribution in [0.5, 0.6) is 0 Å². The lowest BCUT2D eigenvalue weighted by Crippen LogP contribution is -2.12. The first-order valence-corrected chi connectivity index (χ1v) is 8.11. The summed E-state index contributed by atoms with van der Waals surface area (Å²) in [5, 5.41) is 3.40. The van der Waals surface area contributed by atoms with E-state index in [9.17, 15) is 0 Å². The smallest absolute Gasteiger partial charge is 0.0810 e. The van der Waals surface area contributed by atoms with Gasteiger partial charge in [0.15, 0.2) is 0 Å². The molecule has 1 rings (SSSR count). The van der Waals surface area contributed by atoms with Crippen molar-refractivity contribution in [2.24, 2.45) is 0 Å². The van der Waals surface area contributed by atoms with Crippen LogP contribution in [0.2, 0.25) is 0 Å². The minimum absolute atomic E-state index is 0.647. The van der Waals surface area contributed by atoms with Gasteiger partial charge in [-0.05, 0) is 31.5 Å². The van der Waals surface area contributed by atoms with E-state index in [0.717, 1.165) is 32.7 Å². The second-order valence-corrected chi connectivity index (χ2v) is 5.81. The van der Waals surface area contributed by atoms with Crippen LogP contribution in [-0.4, -0.2) is 40.1 Å². The third-order valence-corrected chi connectivity index (χ3v) is 3.76. The van der Waals surface area contributed by atoms with Gasteiger partial charge in [-0.25, -0.2) is 0 Å². The molecule has 0 fully saturated rings. The first-order valence-electron chi connectivity index (χ1n) is 7.29. The molecule has 0 unspecified atom stereocenters. The number of rotatable bonds is 13. The summed E-state index contributed by atoms with van der Waals surface area (Å²) in [7, 11) is 1.70. The monoisotopic (exact) mass is 301 g/mol. The maximum absolute atomic E-state index is 5.60. The van der Waals surface area contributed by atoms with Gasteiger partial charge in [-0.1, -0.05) is 6.92 Å². The minimum Gasteiger partial charge on any atom is -0.385 e. The van der Waals surface area contributed by atoms with Crippen LogP contribution in [0.3, 0.4) is 0 Å². The Morgan fingerprint density at radius 1 is 1.05 bits per heavy atom. The lowest BCUT2D eigenvalue weighted by atomic mass is 10.4. The van der Waals surface area contributed by atoms with Crippen LogP contribution in [0.4, 0.5) is 0 Å². The molecule has 0 atom stereocenters. The normalized spacial score (nSPS) is 11.1. The van der Waals surface area contributed by atoms with E-state index in [1.165, 1.54) is 16.2 Å². The predicted octanol–water partition coefficient (Wildman–Crippen LogP) is 2.82. The van der Waals surface area contributed by atoms with Crippen molar-refractivity contribution in [1.29, 1.82) is 0 Å². The molecular formula is C15H27NO3S. The van der Waals surface area contributed by atoms with Gasteiger partial charge in [0, 0.05) is 36.6 Å². The molecule has 116 valence electrons. The zero-order valence-electron chi connectivity index (χ0n) is 12.7. The molecule has 1 aromatic rings. The molecule has 4 nitrogen and oxygen atoms in total. The molecule has 0 aromatic carbocycles. The van der Waals surface area contributed by atoms with Gasteiger partial charge in [-0.2, -0.15) is 0 Å². The first kappa shape index (κ1) is 17.6. The predicted molar refractivity (Wildman–Crippen MR) is 83.3 cm³/mol. The van der Waals surface area contributed by atoms with Crippen molar-refractivity contribution in [2.75, 3.05) is 40.1 Å². The molecule has 5 heteroatoms. The van der Waals surface area contributed by atoms with Crippen LogP contribution in [0.25, 0.3) is 0 Å². The van der Waals surface area contributed by atoms with Gasteiger partial charge in [0.05, 0.1) is 19.8 Å². The third-order valence-electron chi connectivity index (χ3n) is 2.70. The van der Waals surface area contributed by atoms with Gasteiger partial charge in [0.2, 0.25) is 0 Å². The summed E-state index contributed by atoms with van der Waals surface area (Å²) in [6.07, 6.45) is 2.11. The zero-order chi connectivity index (χ0) is 14.5. The molecule has 20 heavy (non-hydrogen) atoms. The fourth-order valence-electron chi connectivity index (χ4n) is 1.68. The van der Waals surface area contributed by atoms with E-state index in [2.05, 4.69) is 24.4 Å². The van der Waals surface area contributed by atoms with Gasteiger partial charge in [-0.3, -0.25) is 0 Å². The standard InChI is InChI=1S/C15H27NO3S/c1-3-7-16-12-14-5-6-15(20-14)13-19-11-10-18-9-4-8-17-2/h5-6,16H,3-4,7-13H2,1-2H3. The number of hydrogen-bond acceptors (Lipinski definition) is 5. The molecule has 0 aliphatic heterocycles. The highest BCUT2D eigenvalue weighted by atomic mass is 32.1. The van der Waals surface area contributed by atoms with Crippen molar-refractivity contribution >= 4 is 11.3 Å². The Morgan fingerprint density at radius 2 is 1.85 bits per heavy atom. The maximum Gasteiger partial charge on any atom is 0.0810 e. The van der Waals surface area contributed by atoms with Crippen LogP contribution in [0.1, 0.15) is 29.5 Å². The lowest BCUT2D eigenvalue weighted by molar-refractivity contribution is 0.0344. The molecule has 0 saturated carbocycles. The highest BCUT2D eigenvalue weighted by Crippen LogP contribution is 2.17. The fraction of sp³-hybridized carbons (Fsp3) is 0.733. The largest absolute Gasteiger partial charge is 0.385 e. The van der Waals surface area contributed by atoms with Crippen LogP contribution < -0.4 is 5.32 Å². The van der Waals surface area contributed by atoms with E-state index in [1.54, 1.807) is 7.11 Å². The SMILES string of the molecule is CCCNCc1ccc(COCCOCCCOC)s1. The molecule has 0 aliphatic carbocycles. The van der Waals surface area contributed by atoms with E-state index in [-0.39, 0.29) is 0 Å². The second-order valence-electron chi connectivity index (χ2n) is 4.56. The third kappa shape index (κ3) is 8.66. The van der Waals surface area contributed by atoms with Crippen molar-refractivity contribution < 1.29 is 14.2 Å². The number of methoxy groups -OCH3 is 1. The van der Waals surface area contributed by atoms with Gasteiger partial charge in [0.25, 0.3) is 0 Å². The average molecular weight is 301 g/mol. The molecule has 0 aliphatic rings. The Hall–Kier alpha value is -0.460. The number of thiophene rings is 1.